The molecule has 3 heterocycles. The number of carbonyl (C=O) groups excluding carboxylic acids is 1. The molecule has 2 aromatic rings. The Morgan fingerprint density at radius 3 is 3.09 bits per heavy atom. The van der Waals surface area contributed by atoms with Crippen molar-refractivity contribution in [2.45, 2.75) is 38.0 Å². The van der Waals surface area contributed by atoms with Crippen molar-refractivity contribution in [2.24, 2.45) is 5.92 Å². The number of halogens is 1. The summed E-state index contributed by atoms with van der Waals surface area (Å²) in [6.07, 6.45) is 3.99. The van der Waals surface area contributed by atoms with E-state index < -0.39 is 0 Å². The molecule has 4 rings (SSSR count). The van der Waals surface area contributed by atoms with Gasteiger partial charge in [-0.05, 0) is 46.8 Å². The van der Waals surface area contributed by atoms with Gasteiger partial charge in [0, 0.05) is 19.5 Å². The Hall–Kier alpha value is -1.63. The number of nitrogens with zero attached hydrogens (tertiary/aromatic N) is 3. The van der Waals surface area contributed by atoms with Gasteiger partial charge in [-0.25, -0.2) is 0 Å². The van der Waals surface area contributed by atoms with E-state index in [0.717, 1.165) is 38.1 Å². The highest BCUT2D eigenvalue weighted by Crippen LogP contribution is 2.49. The van der Waals surface area contributed by atoms with E-state index in [-0.39, 0.29) is 11.3 Å². The fraction of sp³-hybridized carbons (Fsp3) is 0.562. The van der Waals surface area contributed by atoms with Crippen molar-refractivity contribution in [2.75, 3.05) is 13.1 Å². The third-order valence-electron chi connectivity index (χ3n) is 5.16. The standard InChI is InChI=1S/C16H18BrN3O3/c1-2-13-18-15(19-23-13)16-7-3-4-10(16)8-20(9-16)14(21)11-5-6-12(17)22-11/h5-6,10H,2-4,7-9H2,1H3/t10-,16-/m1/s1. The highest BCUT2D eigenvalue weighted by atomic mass is 79.9. The lowest BCUT2D eigenvalue weighted by Gasteiger charge is -2.24. The molecule has 6 nitrogen and oxygen atoms in total. The van der Waals surface area contributed by atoms with Crippen LogP contribution < -0.4 is 0 Å². The maximum absolute atomic E-state index is 12.7. The molecule has 0 unspecified atom stereocenters. The van der Waals surface area contributed by atoms with Gasteiger partial charge in [0.25, 0.3) is 5.91 Å². The number of furan rings is 1. The van der Waals surface area contributed by atoms with Crippen LogP contribution in [0.3, 0.4) is 0 Å². The van der Waals surface area contributed by atoms with Gasteiger partial charge in [0.1, 0.15) is 0 Å². The number of hydrogen-bond acceptors (Lipinski definition) is 5. The molecule has 1 saturated carbocycles. The number of hydrogen-bond donors (Lipinski definition) is 0. The van der Waals surface area contributed by atoms with Crippen molar-refractivity contribution < 1.29 is 13.7 Å². The summed E-state index contributed by atoms with van der Waals surface area (Å²) in [6.45, 7) is 3.37. The predicted octanol–water partition coefficient (Wildman–Crippen LogP) is 3.18. The Labute approximate surface area is 142 Å². The predicted molar refractivity (Wildman–Crippen MR) is 85.0 cm³/mol. The van der Waals surface area contributed by atoms with E-state index in [2.05, 4.69) is 26.1 Å². The maximum atomic E-state index is 12.7. The number of aryl methyl sites for hydroxylation is 1. The summed E-state index contributed by atoms with van der Waals surface area (Å²) >= 11 is 3.25. The molecule has 2 aliphatic rings. The van der Waals surface area contributed by atoms with Gasteiger partial charge < -0.3 is 13.8 Å². The van der Waals surface area contributed by atoms with E-state index in [1.807, 2.05) is 11.8 Å². The minimum Gasteiger partial charge on any atom is -0.444 e. The molecular weight excluding hydrogens is 362 g/mol. The molecular formula is C16H18BrN3O3. The van der Waals surface area contributed by atoms with Crippen molar-refractivity contribution in [3.63, 3.8) is 0 Å². The van der Waals surface area contributed by atoms with Gasteiger partial charge in [-0.1, -0.05) is 18.5 Å². The average Bonchev–Trinajstić information content (AvgIpc) is 3.28. The fourth-order valence-electron chi connectivity index (χ4n) is 4.00. The van der Waals surface area contributed by atoms with Crippen molar-refractivity contribution in [1.82, 2.24) is 15.0 Å². The monoisotopic (exact) mass is 379 g/mol. The van der Waals surface area contributed by atoms with E-state index >= 15 is 0 Å². The molecule has 1 amide bonds. The van der Waals surface area contributed by atoms with Gasteiger partial charge in [-0.2, -0.15) is 4.98 Å². The number of carbonyl (C=O) groups is 1. The molecule has 7 heteroatoms. The molecule has 2 aromatic heterocycles. The Bertz CT molecular complexity index is 741. The quantitative estimate of drug-likeness (QED) is 0.818. The molecule has 0 N–H and O–H groups in total. The zero-order valence-electron chi connectivity index (χ0n) is 12.9. The normalized spacial score (nSPS) is 26.7. The molecule has 23 heavy (non-hydrogen) atoms. The molecule has 0 spiro atoms. The van der Waals surface area contributed by atoms with Crippen LogP contribution in [0.15, 0.2) is 25.7 Å². The number of amides is 1. The van der Waals surface area contributed by atoms with Gasteiger partial charge in [0.2, 0.25) is 5.89 Å². The van der Waals surface area contributed by atoms with Gasteiger partial charge in [0.15, 0.2) is 16.3 Å². The number of rotatable bonds is 3. The SMILES string of the molecule is CCc1nc([C@@]23CCC[C@@H]2CN(C(=O)c2ccc(Br)o2)C3)no1. The summed E-state index contributed by atoms with van der Waals surface area (Å²) in [6, 6.07) is 3.45. The van der Waals surface area contributed by atoms with Crippen LogP contribution in [0, 0.1) is 5.92 Å². The Morgan fingerprint density at radius 1 is 1.52 bits per heavy atom. The summed E-state index contributed by atoms with van der Waals surface area (Å²) in [4.78, 5) is 19.1. The second kappa shape index (κ2) is 5.47. The van der Waals surface area contributed by atoms with Gasteiger partial charge in [0.05, 0.1) is 5.41 Å². The molecule has 122 valence electrons. The van der Waals surface area contributed by atoms with Gasteiger partial charge >= 0.3 is 0 Å². The van der Waals surface area contributed by atoms with Gasteiger partial charge in [-0.3, -0.25) is 4.79 Å². The largest absolute Gasteiger partial charge is 0.444 e. The second-order valence-electron chi connectivity index (χ2n) is 6.40. The van der Waals surface area contributed by atoms with Crippen LogP contribution in [0.1, 0.15) is 48.5 Å². The second-order valence-corrected chi connectivity index (χ2v) is 7.18. The molecule has 1 aliphatic heterocycles. The van der Waals surface area contributed by atoms with Crippen molar-refractivity contribution in [3.05, 3.63) is 34.3 Å². The lowest BCUT2D eigenvalue weighted by molar-refractivity contribution is 0.0744. The molecule has 1 saturated heterocycles. The summed E-state index contributed by atoms with van der Waals surface area (Å²) in [7, 11) is 0. The summed E-state index contributed by atoms with van der Waals surface area (Å²) < 4.78 is 11.3. The third-order valence-corrected chi connectivity index (χ3v) is 5.58. The molecule has 2 fully saturated rings. The average molecular weight is 380 g/mol. The third kappa shape index (κ3) is 2.33. The van der Waals surface area contributed by atoms with Crippen molar-refractivity contribution >= 4 is 21.8 Å². The highest BCUT2D eigenvalue weighted by Gasteiger charge is 2.54. The summed E-state index contributed by atoms with van der Waals surface area (Å²) in [5.41, 5.74) is -0.156. The molecule has 0 aromatic carbocycles. The highest BCUT2D eigenvalue weighted by molar-refractivity contribution is 9.10. The van der Waals surface area contributed by atoms with E-state index in [1.54, 1.807) is 12.1 Å². The Balaban J connectivity index is 1.62. The smallest absolute Gasteiger partial charge is 0.289 e. The molecule has 0 radical (unpaired) electrons. The van der Waals surface area contributed by atoms with E-state index in [4.69, 9.17) is 8.94 Å². The van der Waals surface area contributed by atoms with E-state index in [9.17, 15) is 4.79 Å². The minimum atomic E-state index is -0.156. The van der Waals surface area contributed by atoms with E-state index in [1.165, 1.54) is 0 Å². The topological polar surface area (TPSA) is 72.4 Å². The zero-order chi connectivity index (χ0) is 16.0. The Kier molecular flexibility index (Phi) is 3.55. The fourth-order valence-corrected chi connectivity index (χ4v) is 4.30. The van der Waals surface area contributed by atoms with Crippen LogP contribution in [0.25, 0.3) is 0 Å². The number of fused-ring (bicyclic) bond motifs is 1. The first kappa shape index (κ1) is 14.9. The van der Waals surface area contributed by atoms with E-state index in [0.29, 0.717) is 28.8 Å². The first-order valence-electron chi connectivity index (χ1n) is 8.00. The van der Waals surface area contributed by atoms with Crippen LogP contribution in [0.5, 0.6) is 0 Å². The molecule has 1 aliphatic carbocycles. The Morgan fingerprint density at radius 2 is 2.39 bits per heavy atom. The number of likely N-dealkylation sites (tertiary alicyclic amines) is 1. The van der Waals surface area contributed by atoms with Crippen molar-refractivity contribution in [1.29, 1.82) is 0 Å². The summed E-state index contributed by atoms with van der Waals surface area (Å²) in [5, 5.41) is 4.22. The minimum absolute atomic E-state index is 0.0660. The zero-order valence-corrected chi connectivity index (χ0v) is 14.5. The number of aromatic nitrogens is 2. The van der Waals surface area contributed by atoms with Crippen LogP contribution in [-0.2, 0) is 11.8 Å². The maximum Gasteiger partial charge on any atom is 0.289 e. The lowest BCUT2D eigenvalue weighted by atomic mass is 9.80. The van der Waals surface area contributed by atoms with Crippen LogP contribution >= 0.6 is 15.9 Å². The molecule has 0 bridgehead atoms. The lowest BCUT2D eigenvalue weighted by Crippen LogP contribution is -2.35. The first-order chi connectivity index (χ1) is 11.1. The van der Waals surface area contributed by atoms with Gasteiger partial charge in [-0.15, -0.1) is 0 Å². The first-order valence-corrected chi connectivity index (χ1v) is 8.79. The van der Waals surface area contributed by atoms with Crippen LogP contribution in [0.2, 0.25) is 0 Å². The van der Waals surface area contributed by atoms with Crippen LogP contribution in [0.4, 0.5) is 0 Å². The van der Waals surface area contributed by atoms with Crippen molar-refractivity contribution in [3.8, 4) is 0 Å². The molecule has 2 atom stereocenters. The summed E-state index contributed by atoms with van der Waals surface area (Å²) in [5.74, 6) is 2.14. The van der Waals surface area contributed by atoms with Crippen LogP contribution in [-0.4, -0.2) is 34.0 Å².